The highest BCUT2D eigenvalue weighted by Crippen LogP contribution is 2.35. The third-order valence-corrected chi connectivity index (χ3v) is 4.73. The lowest BCUT2D eigenvalue weighted by Gasteiger charge is -2.19. The summed E-state index contributed by atoms with van der Waals surface area (Å²) in [4.78, 5) is 15.9. The number of carbonyl (C=O) groups is 1. The normalized spacial score (nSPS) is 13.5. The molecule has 0 bridgehead atoms. The molecule has 124 valence electrons. The summed E-state index contributed by atoms with van der Waals surface area (Å²) >= 11 is 3.61. The first kappa shape index (κ1) is 16.6. The van der Waals surface area contributed by atoms with Gasteiger partial charge in [-0.25, -0.2) is 5.43 Å². The summed E-state index contributed by atoms with van der Waals surface area (Å²) in [6.45, 7) is -0.0864. The van der Waals surface area contributed by atoms with E-state index in [0.717, 1.165) is 17.3 Å². The van der Waals surface area contributed by atoms with E-state index in [1.807, 2.05) is 18.2 Å². The van der Waals surface area contributed by atoms with Crippen LogP contribution in [0.15, 0.2) is 46.1 Å². The highest BCUT2D eigenvalue weighted by atomic mass is 79.9. The Morgan fingerprint density at radius 1 is 1.29 bits per heavy atom. The standard InChI is InChI=1S/C18H18BrN3O2/c19-18-15-7-2-1-5-13(15)8-9-16(18)24-12-17(23)22-21-11-14-6-3-4-10-20-14/h3-4,6,8-11H,1-2,5,7,12H2,(H,22,23)/b21-11-. The Kier molecular flexibility index (Phi) is 5.59. The molecule has 1 aliphatic carbocycles. The molecule has 1 aromatic heterocycles. The van der Waals surface area contributed by atoms with Crippen LogP contribution < -0.4 is 10.2 Å². The van der Waals surface area contributed by atoms with E-state index < -0.39 is 0 Å². The number of hydrazone groups is 1. The van der Waals surface area contributed by atoms with Crippen molar-refractivity contribution in [3.8, 4) is 5.75 Å². The lowest BCUT2D eigenvalue weighted by atomic mass is 9.92. The zero-order valence-corrected chi connectivity index (χ0v) is 14.8. The molecule has 2 aromatic rings. The van der Waals surface area contributed by atoms with E-state index in [1.54, 1.807) is 12.3 Å². The maximum atomic E-state index is 11.8. The number of hydrogen-bond acceptors (Lipinski definition) is 4. The molecule has 3 rings (SSSR count). The predicted octanol–water partition coefficient (Wildman–Crippen LogP) is 3.25. The molecule has 5 nitrogen and oxygen atoms in total. The second-order valence-corrected chi connectivity index (χ2v) is 6.35. The highest BCUT2D eigenvalue weighted by Gasteiger charge is 2.16. The molecule has 0 unspecified atom stereocenters. The molecular formula is C18H18BrN3O2. The highest BCUT2D eigenvalue weighted by molar-refractivity contribution is 9.10. The van der Waals surface area contributed by atoms with Gasteiger partial charge in [-0.05, 0) is 70.9 Å². The largest absolute Gasteiger partial charge is 0.483 e. The van der Waals surface area contributed by atoms with Crippen molar-refractivity contribution in [1.82, 2.24) is 10.4 Å². The quantitative estimate of drug-likeness (QED) is 0.632. The molecule has 0 radical (unpaired) electrons. The summed E-state index contributed by atoms with van der Waals surface area (Å²) in [7, 11) is 0. The van der Waals surface area contributed by atoms with Crippen molar-refractivity contribution in [2.75, 3.05) is 6.61 Å². The van der Waals surface area contributed by atoms with Gasteiger partial charge in [-0.3, -0.25) is 9.78 Å². The molecule has 24 heavy (non-hydrogen) atoms. The van der Waals surface area contributed by atoms with Crippen molar-refractivity contribution in [3.63, 3.8) is 0 Å². The number of carbonyl (C=O) groups excluding carboxylic acids is 1. The van der Waals surface area contributed by atoms with Gasteiger partial charge < -0.3 is 4.74 Å². The first-order valence-electron chi connectivity index (χ1n) is 7.90. The maximum absolute atomic E-state index is 11.8. The van der Waals surface area contributed by atoms with Crippen LogP contribution in [0.1, 0.15) is 29.7 Å². The Hall–Kier alpha value is -2.21. The number of aryl methyl sites for hydroxylation is 1. The van der Waals surface area contributed by atoms with E-state index in [9.17, 15) is 4.79 Å². The Labute approximate surface area is 149 Å². The van der Waals surface area contributed by atoms with Crippen LogP contribution in [0.4, 0.5) is 0 Å². The second kappa shape index (κ2) is 8.06. The van der Waals surface area contributed by atoms with Crippen LogP contribution in [0.3, 0.4) is 0 Å². The molecule has 1 amide bonds. The summed E-state index contributed by atoms with van der Waals surface area (Å²) in [5, 5.41) is 3.87. The molecule has 1 heterocycles. The van der Waals surface area contributed by atoms with Gasteiger partial charge in [0.2, 0.25) is 0 Å². The Balaban J connectivity index is 1.54. The number of hydrogen-bond donors (Lipinski definition) is 1. The molecule has 0 fully saturated rings. The SMILES string of the molecule is O=C(COc1ccc2c(c1Br)CCCC2)N/N=C\c1ccccn1. The van der Waals surface area contributed by atoms with E-state index >= 15 is 0 Å². The number of fused-ring (bicyclic) bond motifs is 1. The molecule has 0 saturated carbocycles. The maximum Gasteiger partial charge on any atom is 0.277 e. The topological polar surface area (TPSA) is 63.6 Å². The van der Waals surface area contributed by atoms with E-state index in [-0.39, 0.29) is 12.5 Å². The average Bonchev–Trinajstić information content (AvgIpc) is 2.62. The number of amides is 1. The van der Waals surface area contributed by atoms with Crippen molar-refractivity contribution in [1.29, 1.82) is 0 Å². The van der Waals surface area contributed by atoms with Crippen molar-refractivity contribution in [2.24, 2.45) is 5.10 Å². The molecule has 6 heteroatoms. The van der Waals surface area contributed by atoms with Crippen molar-refractivity contribution >= 4 is 28.1 Å². The van der Waals surface area contributed by atoms with Crippen LogP contribution in [0.5, 0.6) is 5.75 Å². The minimum atomic E-state index is -0.313. The van der Waals surface area contributed by atoms with Gasteiger partial charge in [-0.15, -0.1) is 0 Å². The first-order chi connectivity index (χ1) is 11.7. The monoisotopic (exact) mass is 387 g/mol. The van der Waals surface area contributed by atoms with Gasteiger partial charge in [-0.2, -0.15) is 5.10 Å². The minimum Gasteiger partial charge on any atom is -0.483 e. The number of nitrogens with one attached hydrogen (secondary N) is 1. The van der Waals surface area contributed by atoms with E-state index in [4.69, 9.17) is 4.74 Å². The lowest BCUT2D eigenvalue weighted by Crippen LogP contribution is -2.24. The van der Waals surface area contributed by atoms with E-state index in [1.165, 1.54) is 30.2 Å². The van der Waals surface area contributed by atoms with Crippen LogP contribution in [0.25, 0.3) is 0 Å². The molecule has 0 atom stereocenters. The van der Waals surface area contributed by atoms with Crippen LogP contribution in [-0.4, -0.2) is 23.7 Å². The Morgan fingerprint density at radius 2 is 2.17 bits per heavy atom. The van der Waals surface area contributed by atoms with Crippen LogP contribution >= 0.6 is 15.9 Å². The zero-order valence-electron chi connectivity index (χ0n) is 13.2. The second-order valence-electron chi connectivity index (χ2n) is 5.56. The lowest BCUT2D eigenvalue weighted by molar-refractivity contribution is -0.123. The average molecular weight is 388 g/mol. The fraction of sp³-hybridized carbons (Fsp3) is 0.278. The number of rotatable bonds is 5. The molecule has 0 spiro atoms. The summed E-state index contributed by atoms with van der Waals surface area (Å²) in [6.07, 6.45) is 7.74. The van der Waals surface area contributed by atoms with Crippen LogP contribution in [0, 0.1) is 0 Å². The number of nitrogens with zero attached hydrogens (tertiary/aromatic N) is 2. The van der Waals surface area contributed by atoms with Gasteiger partial charge in [0.15, 0.2) is 6.61 Å². The molecule has 0 saturated heterocycles. The van der Waals surface area contributed by atoms with Gasteiger partial charge >= 0.3 is 0 Å². The molecular weight excluding hydrogens is 370 g/mol. The Bertz CT molecular complexity index is 747. The number of pyridine rings is 1. The van der Waals surface area contributed by atoms with Gasteiger partial charge in [0.1, 0.15) is 5.75 Å². The first-order valence-corrected chi connectivity index (χ1v) is 8.69. The molecule has 0 aliphatic heterocycles. The fourth-order valence-corrected chi connectivity index (χ4v) is 3.37. The van der Waals surface area contributed by atoms with Gasteiger partial charge in [0.25, 0.3) is 5.91 Å². The predicted molar refractivity (Wildman–Crippen MR) is 96.3 cm³/mol. The van der Waals surface area contributed by atoms with Gasteiger partial charge in [0, 0.05) is 6.20 Å². The van der Waals surface area contributed by atoms with Gasteiger partial charge in [0.05, 0.1) is 16.4 Å². The van der Waals surface area contributed by atoms with Crippen molar-refractivity contribution < 1.29 is 9.53 Å². The summed E-state index contributed by atoms with van der Waals surface area (Å²) in [6, 6.07) is 9.48. The molecule has 1 aliphatic rings. The summed E-state index contributed by atoms with van der Waals surface area (Å²) in [5.74, 6) is 0.381. The fourth-order valence-electron chi connectivity index (χ4n) is 2.67. The van der Waals surface area contributed by atoms with Gasteiger partial charge in [-0.1, -0.05) is 12.1 Å². The third kappa shape index (κ3) is 4.20. The number of ether oxygens (including phenoxy) is 1. The Morgan fingerprint density at radius 3 is 3.00 bits per heavy atom. The third-order valence-electron chi connectivity index (χ3n) is 3.86. The van der Waals surface area contributed by atoms with Crippen LogP contribution in [-0.2, 0) is 17.6 Å². The smallest absolute Gasteiger partial charge is 0.277 e. The van der Waals surface area contributed by atoms with E-state index in [0.29, 0.717) is 11.4 Å². The van der Waals surface area contributed by atoms with Crippen molar-refractivity contribution in [3.05, 3.63) is 57.8 Å². The molecule has 1 aromatic carbocycles. The summed E-state index contributed by atoms with van der Waals surface area (Å²) < 4.78 is 6.58. The number of halogens is 1. The van der Waals surface area contributed by atoms with E-state index in [2.05, 4.69) is 37.5 Å². The number of benzene rings is 1. The van der Waals surface area contributed by atoms with Crippen molar-refractivity contribution in [2.45, 2.75) is 25.7 Å². The molecule has 1 N–H and O–H groups in total. The van der Waals surface area contributed by atoms with Crippen LogP contribution in [0.2, 0.25) is 0 Å². The summed E-state index contributed by atoms with van der Waals surface area (Å²) in [5.41, 5.74) is 5.77. The zero-order chi connectivity index (χ0) is 16.8. The number of aromatic nitrogens is 1. The minimum absolute atomic E-state index is 0.0864.